The van der Waals surface area contributed by atoms with Gasteiger partial charge in [-0.3, -0.25) is 19.3 Å². The maximum absolute atomic E-state index is 11.9. The summed E-state index contributed by atoms with van der Waals surface area (Å²) in [6.07, 6.45) is 2.76. The molecule has 0 saturated carbocycles. The molecule has 0 spiro atoms. The Morgan fingerprint density at radius 3 is 1.63 bits per heavy atom. The first-order chi connectivity index (χ1) is 12.2. The number of carboxylic acid groups (broad SMARTS) is 3. The molecule has 0 amide bonds. The summed E-state index contributed by atoms with van der Waals surface area (Å²) in [5, 5.41) is 38.4. The average molecular weight is 413 g/mol. The first kappa shape index (κ1) is 28.7. The van der Waals surface area contributed by atoms with Crippen LogP contribution in [0.4, 0.5) is 0 Å². The number of carbonyl (C=O) groups is 3. The molecule has 0 aromatic carbocycles. The van der Waals surface area contributed by atoms with Crippen LogP contribution in [0.2, 0.25) is 0 Å². The van der Waals surface area contributed by atoms with E-state index in [1.165, 1.54) is 0 Å². The van der Waals surface area contributed by atoms with E-state index >= 15 is 0 Å². The number of nitrogens with zero attached hydrogens (tertiary/aromatic N) is 2. The van der Waals surface area contributed by atoms with Crippen LogP contribution in [0.5, 0.6) is 0 Å². The van der Waals surface area contributed by atoms with Gasteiger partial charge < -0.3 is 25.3 Å². The van der Waals surface area contributed by atoms with Gasteiger partial charge in [0.1, 0.15) is 0 Å². The summed E-state index contributed by atoms with van der Waals surface area (Å²) in [7, 11) is 0. The zero-order valence-electron chi connectivity index (χ0n) is 16.2. The van der Waals surface area contributed by atoms with E-state index in [9.17, 15) is 19.5 Å². The van der Waals surface area contributed by atoms with E-state index in [1.54, 1.807) is 15.9 Å². The average Bonchev–Trinajstić information content (AvgIpc) is 2.56. The summed E-state index contributed by atoms with van der Waals surface area (Å²) in [5.74, 6) is -3.00. The molecule has 3 N–H and O–H groups in total. The zero-order valence-corrected chi connectivity index (χ0v) is 19.3. The Labute approximate surface area is 202 Å². The molecule has 0 aliphatic heterocycles. The van der Waals surface area contributed by atoms with Crippen LogP contribution in [0.25, 0.3) is 0 Å². The predicted octanol–water partition coefficient (Wildman–Crippen LogP) is -2.94. The first-order valence-corrected chi connectivity index (χ1v) is 8.70. The van der Waals surface area contributed by atoms with E-state index in [0.29, 0.717) is 19.5 Å². The van der Waals surface area contributed by atoms with Crippen molar-refractivity contribution in [2.45, 2.75) is 39.0 Å². The molecule has 0 aromatic heterocycles. The van der Waals surface area contributed by atoms with E-state index in [4.69, 9.17) is 15.3 Å². The van der Waals surface area contributed by atoms with Crippen LogP contribution in [0.1, 0.15) is 39.0 Å². The number of hydrogen-bond donors (Lipinski definition) is 3. The van der Waals surface area contributed by atoms with Crippen LogP contribution >= 0.6 is 0 Å². The first-order valence-electron chi connectivity index (χ1n) is 8.70. The minimum absolute atomic E-state index is 0. The predicted molar refractivity (Wildman–Crippen MR) is 92.6 cm³/mol. The van der Waals surface area contributed by atoms with E-state index in [1.807, 2.05) is 6.92 Å². The van der Waals surface area contributed by atoms with Gasteiger partial charge >= 0.3 is 69.3 Å². The molecule has 0 bridgehead atoms. The Bertz CT molecular complexity index is 468. The molecule has 0 aromatic rings. The number of allylic oxidation sites excluding steroid dienone is 1. The molecule has 0 radical (unpaired) electrons. The topological polar surface area (TPSA) is 141 Å². The molecule has 150 valence electrons. The molecule has 0 heterocycles. The molecule has 0 aliphatic carbocycles. The number of unbranched alkanes of at least 4 members (excludes halogenated alkanes) is 1. The molecule has 0 fully saturated rings. The van der Waals surface area contributed by atoms with Crippen molar-refractivity contribution in [3.8, 4) is 0 Å². The SMILES string of the molecule is CCC/C=C(\[O-])CN(CCC(=O)O)CCN(CCC(=O)O)CCC(=O)O.[K+]. The molecule has 0 unspecified atom stereocenters. The van der Waals surface area contributed by atoms with Gasteiger partial charge in [0.2, 0.25) is 0 Å². The van der Waals surface area contributed by atoms with Crippen molar-refractivity contribution in [1.82, 2.24) is 9.80 Å². The van der Waals surface area contributed by atoms with Crippen molar-refractivity contribution in [3.05, 3.63) is 11.8 Å². The third kappa shape index (κ3) is 18.6. The number of rotatable bonds is 16. The Kier molecular flexibility index (Phi) is 18.7. The fourth-order valence-electron chi connectivity index (χ4n) is 2.24. The third-order valence-electron chi connectivity index (χ3n) is 3.70. The van der Waals surface area contributed by atoms with Gasteiger partial charge in [-0.15, -0.1) is 5.76 Å². The van der Waals surface area contributed by atoms with Crippen molar-refractivity contribution >= 4 is 17.9 Å². The quantitative estimate of drug-likeness (QED) is 0.179. The van der Waals surface area contributed by atoms with E-state index < -0.39 is 17.9 Å². The van der Waals surface area contributed by atoms with Crippen molar-refractivity contribution < 1.29 is 86.2 Å². The van der Waals surface area contributed by atoms with Gasteiger partial charge in [-0.2, -0.15) is 0 Å². The molecule has 9 nitrogen and oxygen atoms in total. The van der Waals surface area contributed by atoms with Crippen LogP contribution in [0, 0.1) is 0 Å². The van der Waals surface area contributed by atoms with Gasteiger partial charge in [-0.05, 0) is 6.42 Å². The second-order valence-electron chi connectivity index (χ2n) is 6.01. The van der Waals surface area contributed by atoms with Gasteiger partial charge in [0.05, 0.1) is 19.3 Å². The molecule has 0 saturated heterocycles. The third-order valence-corrected chi connectivity index (χ3v) is 3.70. The normalized spacial score (nSPS) is 11.4. The van der Waals surface area contributed by atoms with Gasteiger partial charge in [0.25, 0.3) is 0 Å². The van der Waals surface area contributed by atoms with Crippen LogP contribution in [-0.4, -0.2) is 82.3 Å². The minimum atomic E-state index is -0.975. The standard InChI is InChI=1S/C17H30N2O7.K/c1-2-3-4-14(20)13-19(10-7-17(25)26)12-11-18(8-5-15(21)22)9-6-16(23)24;/h4,20H,2-3,5-13H2,1H3,(H,21,22)(H,23,24)(H,25,26);/q;+1/p-1/b14-4-;. The summed E-state index contributed by atoms with van der Waals surface area (Å²) < 4.78 is 0. The number of aliphatic carboxylic acids is 3. The molecular formula is C17H29KN2O7. The molecule has 0 atom stereocenters. The fourth-order valence-corrected chi connectivity index (χ4v) is 2.24. The summed E-state index contributed by atoms with van der Waals surface area (Å²) in [5.41, 5.74) is 0. The van der Waals surface area contributed by atoms with Crippen LogP contribution < -0.4 is 56.5 Å². The fraction of sp³-hybridized carbons (Fsp3) is 0.706. The van der Waals surface area contributed by atoms with Crippen LogP contribution in [0.3, 0.4) is 0 Å². The number of hydrogen-bond acceptors (Lipinski definition) is 6. The summed E-state index contributed by atoms with van der Waals surface area (Å²) >= 11 is 0. The van der Waals surface area contributed by atoms with Crippen molar-refractivity contribution in [2.24, 2.45) is 0 Å². The monoisotopic (exact) mass is 412 g/mol. The zero-order chi connectivity index (χ0) is 19.9. The second kappa shape index (κ2) is 17.6. The molecule has 27 heavy (non-hydrogen) atoms. The Morgan fingerprint density at radius 1 is 0.815 bits per heavy atom. The molecule has 10 heteroatoms. The number of carboxylic acids is 3. The van der Waals surface area contributed by atoms with Gasteiger partial charge in [-0.1, -0.05) is 19.4 Å². The maximum Gasteiger partial charge on any atom is 1.00 e. The van der Waals surface area contributed by atoms with Crippen molar-refractivity contribution in [3.63, 3.8) is 0 Å². The van der Waals surface area contributed by atoms with Crippen LogP contribution in [0.15, 0.2) is 11.8 Å². The van der Waals surface area contributed by atoms with Crippen molar-refractivity contribution in [1.29, 1.82) is 0 Å². The Hall–Kier alpha value is -0.494. The van der Waals surface area contributed by atoms with Gasteiger partial charge in [0, 0.05) is 39.3 Å². The summed E-state index contributed by atoms with van der Waals surface area (Å²) in [4.78, 5) is 35.7. The molecule has 0 rings (SSSR count). The Morgan fingerprint density at radius 2 is 1.22 bits per heavy atom. The minimum Gasteiger partial charge on any atom is -0.875 e. The summed E-state index contributed by atoms with van der Waals surface area (Å²) in [6.45, 7) is 3.37. The van der Waals surface area contributed by atoms with Gasteiger partial charge in [0.15, 0.2) is 0 Å². The summed E-state index contributed by atoms with van der Waals surface area (Å²) in [6, 6.07) is 0. The van der Waals surface area contributed by atoms with Crippen molar-refractivity contribution in [2.75, 3.05) is 39.3 Å². The van der Waals surface area contributed by atoms with Crippen LogP contribution in [-0.2, 0) is 14.4 Å². The molecule has 0 aliphatic rings. The maximum atomic E-state index is 11.9. The second-order valence-corrected chi connectivity index (χ2v) is 6.01. The largest absolute Gasteiger partial charge is 1.00 e. The smallest absolute Gasteiger partial charge is 0.875 e. The van der Waals surface area contributed by atoms with Gasteiger partial charge in [-0.25, -0.2) is 0 Å². The van der Waals surface area contributed by atoms with E-state index in [0.717, 1.165) is 6.42 Å². The van der Waals surface area contributed by atoms with E-state index in [-0.39, 0.29) is 103 Å². The van der Waals surface area contributed by atoms with E-state index in [2.05, 4.69) is 0 Å². The molecular weight excluding hydrogens is 383 g/mol. The Balaban J connectivity index is 0.